The summed E-state index contributed by atoms with van der Waals surface area (Å²) in [4.78, 5) is 44.8. The molecule has 2 heterocycles. The quantitative estimate of drug-likeness (QED) is 0.276. The molecule has 0 aromatic heterocycles. The minimum Gasteiger partial charge on any atom is -0.396 e. The third-order valence-electron chi connectivity index (χ3n) is 8.04. The third-order valence-corrected chi connectivity index (χ3v) is 8.53. The van der Waals surface area contributed by atoms with Gasteiger partial charge in [0, 0.05) is 61.5 Å². The average Bonchev–Trinajstić information content (AvgIpc) is 3.08. The van der Waals surface area contributed by atoms with Crippen molar-refractivity contribution >= 4 is 46.4 Å². The molecule has 12 heteroatoms. The lowest BCUT2D eigenvalue weighted by molar-refractivity contribution is 0.0303. The molecule has 0 bridgehead atoms. The van der Waals surface area contributed by atoms with Crippen LogP contribution in [0.15, 0.2) is 48.5 Å². The molecule has 46 heavy (non-hydrogen) atoms. The number of carbonyl (C=O) groups is 3. The van der Waals surface area contributed by atoms with E-state index in [1.807, 2.05) is 12.1 Å². The first-order chi connectivity index (χ1) is 22.1. The van der Waals surface area contributed by atoms with Gasteiger partial charge in [0.15, 0.2) is 5.82 Å². The second-order valence-electron chi connectivity index (χ2n) is 11.2. The van der Waals surface area contributed by atoms with Gasteiger partial charge in [0.25, 0.3) is 17.7 Å². The number of nitrogen functional groups attached to an aromatic ring is 1. The van der Waals surface area contributed by atoms with Crippen LogP contribution >= 0.6 is 11.6 Å². The molecule has 0 spiro atoms. The smallest absolute Gasteiger partial charge is 0.257 e. The Hall–Kier alpha value is -4.63. The maximum atomic E-state index is 14.2. The summed E-state index contributed by atoms with van der Waals surface area (Å²) in [6.45, 7) is 6.93. The van der Waals surface area contributed by atoms with E-state index in [0.717, 1.165) is 31.9 Å². The van der Waals surface area contributed by atoms with Gasteiger partial charge in [-0.2, -0.15) is 0 Å². The Bertz CT molecular complexity index is 1690. The summed E-state index contributed by atoms with van der Waals surface area (Å²) in [6, 6.07) is 13.3. The number of ether oxygens (including phenoxy) is 1. The second kappa shape index (κ2) is 14.6. The number of hydrogen-bond acceptors (Lipinski definition) is 7. The highest BCUT2D eigenvalue weighted by Crippen LogP contribution is 2.32. The Morgan fingerprint density at radius 2 is 1.63 bits per heavy atom. The lowest BCUT2D eigenvalue weighted by atomic mass is 10.1. The number of halogens is 2. The third kappa shape index (κ3) is 7.59. The number of anilines is 3. The lowest BCUT2D eigenvalue weighted by Gasteiger charge is -2.35. The molecule has 0 atom stereocenters. The molecule has 0 radical (unpaired) electrons. The fraction of sp³-hybridized carbons (Fsp3) is 0.324. The molecule has 2 aliphatic heterocycles. The summed E-state index contributed by atoms with van der Waals surface area (Å²) in [6.07, 6.45) is 0. The van der Waals surface area contributed by atoms with Crippen LogP contribution in [0.4, 0.5) is 21.5 Å². The van der Waals surface area contributed by atoms with E-state index >= 15 is 0 Å². The zero-order chi connectivity index (χ0) is 32.8. The fourth-order valence-corrected chi connectivity index (χ4v) is 5.50. The number of morpholine rings is 1. The molecule has 0 unspecified atom stereocenters. The van der Waals surface area contributed by atoms with Crippen LogP contribution in [0.1, 0.15) is 42.2 Å². The van der Waals surface area contributed by atoms with Gasteiger partial charge in [0.2, 0.25) is 0 Å². The maximum Gasteiger partial charge on any atom is 0.257 e. The summed E-state index contributed by atoms with van der Waals surface area (Å²) in [5.41, 5.74) is 8.68. The number of likely N-dealkylation sites (N-methyl/N-ethyl adjacent to an activating group) is 1. The fourth-order valence-electron chi connectivity index (χ4n) is 5.27. The number of hydrogen-bond donors (Lipinski definition) is 3. The van der Waals surface area contributed by atoms with Crippen molar-refractivity contribution in [3.05, 3.63) is 87.2 Å². The topological polar surface area (TPSA) is 120 Å². The van der Waals surface area contributed by atoms with Crippen molar-refractivity contribution in [3.8, 4) is 11.8 Å². The van der Waals surface area contributed by atoms with Crippen molar-refractivity contribution in [1.82, 2.24) is 15.1 Å². The van der Waals surface area contributed by atoms with Crippen LogP contribution < -0.4 is 21.3 Å². The number of nitrogens with two attached hydrogens (primary N) is 1. The Balaban J connectivity index is 1.27. The first kappa shape index (κ1) is 32.8. The van der Waals surface area contributed by atoms with Gasteiger partial charge < -0.3 is 35.8 Å². The summed E-state index contributed by atoms with van der Waals surface area (Å²) < 4.78 is 19.5. The van der Waals surface area contributed by atoms with Gasteiger partial charge in [-0.3, -0.25) is 14.4 Å². The van der Waals surface area contributed by atoms with Crippen LogP contribution in [0.2, 0.25) is 5.02 Å². The van der Waals surface area contributed by atoms with Crippen LogP contribution in [0.25, 0.3) is 0 Å². The van der Waals surface area contributed by atoms with Crippen molar-refractivity contribution in [3.63, 3.8) is 0 Å². The van der Waals surface area contributed by atoms with Crippen LogP contribution in [-0.4, -0.2) is 93.6 Å². The van der Waals surface area contributed by atoms with Gasteiger partial charge in [-0.1, -0.05) is 23.4 Å². The standard InChI is InChI=1S/C34H36ClFN6O4/c1-22-30(35)26(21-27(37)31(22)36)33(44)39-28-20-23(5-10-29(28)41-14-12-40(2)13-15-41)4-3-11-38-32(43)24-6-8-25(9-7-24)34(45)42-16-18-46-19-17-42/h5-10,20-21H,11-19,37H2,1-2H3,(H,38,43)(H,39,44). The number of amides is 3. The molecule has 240 valence electrons. The van der Waals surface area contributed by atoms with E-state index in [-0.39, 0.29) is 40.2 Å². The van der Waals surface area contributed by atoms with Crippen molar-refractivity contribution in [2.24, 2.45) is 0 Å². The number of benzene rings is 3. The highest BCUT2D eigenvalue weighted by atomic mass is 35.5. The molecule has 10 nitrogen and oxygen atoms in total. The van der Waals surface area contributed by atoms with E-state index < -0.39 is 11.7 Å². The normalized spacial score (nSPS) is 15.1. The van der Waals surface area contributed by atoms with Crippen LogP contribution in [0.3, 0.4) is 0 Å². The van der Waals surface area contributed by atoms with E-state index in [2.05, 4.69) is 39.3 Å². The molecule has 2 aliphatic rings. The molecule has 2 saturated heterocycles. The van der Waals surface area contributed by atoms with E-state index in [1.54, 1.807) is 35.2 Å². The monoisotopic (exact) mass is 646 g/mol. The SMILES string of the molecule is Cc1c(F)c(N)cc(C(=O)Nc2cc(C#CCNC(=O)c3ccc(C(=O)N4CCOCC4)cc3)ccc2N2CCN(C)CC2)c1Cl. The minimum atomic E-state index is -0.653. The zero-order valence-electron chi connectivity index (χ0n) is 25.8. The summed E-state index contributed by atoms with van der Waals surface area (Å²) >= 11 is 6.33. The van der Waals surface area contributed by atoms with Crippen molar-refractivity contribution in [2.45, 2.75) is 6.92 Å². The number of rotatable bonds is 6. The largest absolute Gasteiger partial charge is 0.396 e. The molecule has 3 aromatic carbocycles. The van der Waals surface area contributed by atoms with Crippen molar-refractivity contribution in [2.75, 3.05) is 82.0 Å². The predicted octanol–water partition coefficient (Wildman–Crippen LogP) is 3.63. The summed E-state index contributed by atoms with van der Waals surface area (Å²) in [7, 11) is 2.06. The Kier molecular flexibility index (Phi) is 10.4. The molecule has 2 fully saturated rings. The number of nitrogens with zero attached hydrogens (tertiary/aromatic N) is 3. The minimum absolute atomic E-state index is 0.00428. The Labute approximate surface area is 272 Å². The number of piperazine rings is 1. The highest BCUT2D eigenvalue weighted by Gasteiger charge is 2.22. The Morgan fingerprint density at radius 3 is 2.33 bits per heavy atom. The van der Waals surface area contributed by atoms with Crippen molar-refractivity contribution < 1.29 is 23.5 Å². The molecule has 0 saturated carbocycles. The number of carbonyl (C=O) groups excluding carboxylic acids is 3. The van der Waals surface area contributed by atoms with Gasteiger partial charge in [-0.25, -0.2) is 4.39 Å². The average molecular weight is 647 g/mol. The molecule has 3 amide bonds. The van der Waals surface area contributed by atoms with Crippen LogP contribution in [0, 0.1) is 24.6 Å². The van der Waals surface area contributed by atoms with E-state index in [9.17, 15) is 18.8 Å². The van der Waals surface area contributed by atoms with Gasteiger partial charge in [-0.15, -0.1) is 0 Å². The van der Waals surface area contributed by atoms with Crippen molar-refractivity contribution in [1.29, 1.82) is 0 Å². The first-order valence-corrected chi connectivity index (χ1v) is 15.4. The van der Waals surface area contributed by atoms with Crippen LogP contribution in [0.5, 0.6) is 0 Å². The molecule has 0 aliphatic carbocycles. The Morgan fingerprint density at radius 1 is 0.957 bits per heavy atom. The molecular formula is C34H36ClFN6O4. The van der Waals surface area contributed by atoms with Gasteiger partial charge >= 0.3 is 0 Å². The first-order valence-electron chi connectivity index (χ1n) is 15.0. The van der Waals surface area contributed by atoms with Crippen LogP contribution in [-0.2, 0) is 4.74 Å². The lowest BCUT2D eigenvalue weighted by Crippen LogP contribution is -2.44. The van der Waals surface area contributed by atoms with E-state index in [1.165, 1.54) is 13.0 Å². The number of nitrogens with one attached hydrogen (secondary N) is 2. The molecule has 3 aromatic rings. The van der Waals surface area contributed by atoms with Gasteiger partial charge in [-0.05, 0) is 62.5 Å². The molecule has 5 rings (SSSR count). The summed E-state index contributed by atoms with van der Waals surface area (Å²) in [5, 5.41) is 5.70. The van der Waals surface area contributed by atoms with E-state index in [4.69, 9.17) is 22.1 Å². The molecular weight excluding hydrogens is 611 g/mol. The van der Waals surface area contributed by atoms with Gasteiger partial charge in [0.05, 0.1) is 47.4 Å². The molecule has 4 N–H and O–H groups in total. The predicted molar refractivity (Wildman–Crippen MR) is 177 cm³/mol. The van der Waals surface area contributed by atoms with E-state index in [0.29, 0.717) is 48.7 Å². The second-order valence-corrected chi connectivity index (χ2v) is 11.6. The zero-order valence-corrected chi connectivity index (χ0v) is 26.5. The summed E-state index contributed by atoms with van der Waals surface area (Å²) in [5.74, 6) is 4.42. The highest BCUT2D eigenvalue weighted by molar-refractivity contribution is 6.35. The maximum absolute atomic E-state index is 14.2. The van der Waals surface area contributed by atoms with Gasteiger partial charge in [0.1, 0.15) is 0 Å².